The van der Waals surface area contributed by atoms with Crippen molar-refractivity contribution in [1.29, 1.82) is 0 Å². The van der Waals surface area contributed by atoms with Crippen molar-refractivity contribution in [3.8, 4) is 5.75 Å². The van der Waals surface area contributed by atoms with Crippen LogP contribution in [0.5, 0.6) is 5.75 Å². The van der Waals surface area contributed by atoms with Gasteiger partial charge in [-0.25, -0.2) is 0 Å². The second kappa shape index (κ2) is 8.31. The fraction of sp³-hybridized carbons (Fsp3) is 0.526. The molecule has 3 atom stereocenters. The maximum Gasteiger partial charge on any atom is 0.227 e. The third kappa shape index (κ3) is 4.22. The lowest BCUT2D eigenvalue weighted by Crippen LogP contribution is -2.45. The number of aliphatic hydroxyl groups is 1. The number of aromatic nitrogens is 2. The number of hydrogen-bond acceptors (Lipinski definition) is 6. The molecule has 2 aromatic rings. The second-order valence-corrected chi connectivity index (χ2v) is 6.57. The quantitative estimate of drug-likeness (QED) is 0.813. The van der Waals surface area contributed by atoms with E-state index in [0.29, 0.717) is 37.4 Å². The van der Waals surface area contributed by atoms with Gasteiger partial charge in [0.25, 0.3) is 0 Å². The van der Waals surface area contributed by atoms with Gasteiger partial charge in [-0.05, 0) is 25.0 Å². The number of ether oxygens (including phenoxy) is 1. The summed E-state index contributed by atoms with van der Waals surface area (Å²) >= 11 is 0. The Hall–Kier alpha value is -2.41. The van der Waals surface area contributed by atoms with Crippen LogP contribution in [0.15, 0.2) is 34.9 Å². The van der Waals surface area contributed by atoms with Crippen molar-refractivity contribution in [2.45, 2.75) is 57.3 Å². The highest BCUT2D eigenvalue weighted by Gasteiger charge is 2.40. The molecule has 3 rings (SSSR count). The lowest BCUT2D eigenvalue weighted by atomic mass is 10.1. The number of para-hydroxylation sites is 1. The van der Waals surface area contributed by atoms with Crippen LogP contribution in [0.1, 0.15) is 37.9 Å². The van der Waals surface area contributed by atoms with Crippen molar-refractivity contribution in [3.05, 3.63) is 42.0 Å². The van der Waals surface area contributed by atoms with Crippen molar-refractivity contribution < 1.29 is 19.2 Å². The molecule has 26 heavy (non-hydrogen) atoms. The predicted molar refractivity (Wildman–Crippen MR) is 94.7 cm³/mol. The number of carbonyl (C=O) groups excluding carboxylic acids is 1. The Bertz CT molecular complexity index is 719. The number of aryl methyl sites for hydroxylation is 2. The molecule has 1 aromatic carbocycles. The minimum Gasteiger partial charge on any atom is -0.488 e. The molecule has 0 spiro atoms. The average Bonchev–Trinajstić information content (AvgIpc) is 3.27. The second-order valence-electron chi connectivity index (χ2n) is 6.57. The molecule has 7 nitrogen and oxygen atoms in total. The summed E-state index contributed by atoms with van der Waals surface area (Å²) in [6, 6.07) is 9.19. The number of aliphatic hydroxyl groups excluding tert-OH is 1. The first-order valence-electron chi connectivity index (χ1n) is 9.05. The first-order valence-corrected chi connectivity index (χ1v) is 9.05. The molecular formula is C19H25N3O4. The van der Waals surface area contributed by atoms with Gasteiger partial charge in [0.05, 0.1) is 6.04 Å². The number of hydrogen-bond donors (Lipinski definition) is 1. The number of likely N-dealkylation sites (N-methyl/N-ethyl adjacent to an activating group) is 1. The van der Waals surface area contributed by atoms with E-state index in [1.807, 2.05) is 37.3 Å². The smallest absolute Gasteiger partial charge is 0.227 e. The van der Waals surface area contributed by atoms with Gasteiger partial charge in [0.2, 0.25) is 11.8 Å². The van der Waals surface area contributed by atoms with Crippen LogP contribution in [0.25, 0.3) is 0 Å². The Balaban J connectivity index is 1.52. The third-order valence-corrected chi connectivity index (χ3v) is 4.82. The molecule has 0 saturated heterocycles. The van der Waals surface area contributed by atoms with Crippen LogP contribution in [0.4, 0.5) is 0 Å². The van der Waals surface area contributed by atoms with E-state index in [1.165, 1.54) is 0 Å². The zero-order valence-corrected chi connectivity index (χ0v) is 15.2. The number of nitrogens with zero attached hydrogens (tertiary/aromatic N) is 3. The van der Waals surface area contributed by atoms with Crippen molar-refractivity contribution >= 4 is 5.91 Å². The maximum absolute atomic E-state index is 12.5. The van der Waals surface area contributed by atoms with Gasteiger partial charge in [-0.15, -0.1) is 0 Å². The molecule has 1 aromatic heterocycles. The van der Waals surface area contributed by atoms with Gasteiger partial charge >= 0.3 is 0 Å². The minimum absolute atomic E-state index is 0.0503. The van der Waals surface area contributed by atoms with Crippen molar-refractivity contribution in [1.82, 2.24) is 15.0 Å². The van der Waals surface area contributed by atoms with Crippen molar-refractivity contribution in [2.24, 2.45) is 0 Å². The van der Waals surface area contributed by atoms with Crippen LogP contribution in [-0.2, 0) is 17.6 Å². The molecule has 1 N–H and O–H groups in total. The predicted octanol–water partition coefficient (Wildman–Crippen LogP) is 1.99. The zero-order chi connectivity index (χ0) is 18.5. The van der Waals surface area contributed by atoms with E-state index >= 15 is 0 Å². The molecule has 1 aliphatic rings. The number of rotatable bonds is 7. The molecule has 1 heterocycles. The Morgan fingerprint density at radius 2 is 2.12 bits per heavy atom. The van der Waals surface area contributed by atoms with Gasteiger partial charge in [-0.2, -0.15) is 4.98 Å². The summed E-state index contributed by atoms with van der Waals surface area (Å²) in [5.41, 5.74) is 0. The van der Waals surface area contributed by atoms with E-state index in [9.17, 15) is 9.90 Å². The Labute approximate surface area is 153 Å². The molecule has 1 fully saturated rings. The number of amides is 1. The van der Waals surface area contributed by atoms with Gasteiger partial charge in [0.15, 0.2) is 5.82 Å². The summed E-state index contributed by atoms with van der Waals surface area (Å²) in [5, 5.41) is 14.4. The Morgan fingerprint density at radius 1 is 1.35 bits per heavy atom. The molecule has 1 aliphatic carbocycles. The number of benzene rings is 1. The maximum atomic E-state index is 12.5. The lowest BCUT2D eigenvalue weighted by Gasteiger charge is -2.28. The van der Waals surface area contributed by atoms with Crippen LogP contribution < -0.4 is 4.74 Å². The molecule has 0 aliphatic heterocycles. The normalized spacial score (nSPS) is 22.3. The summed E-state index contributed by atoms with van der Waals surface area (Å²) in [6.07, 6.45) is 1.79. The van der Waals surface area contributed by atoms with Crippen LogP contribution in [0.2, 0.25) is 0 Å². The van der Waals surface area contributed by atoms with E-state index in [4.69, 9.17) is 9.26 Å². The average molecular weight is 359 g/mol. The summed E-state index contributed by atoms with van der Waals surface area (Å²) in [4.78, 5) is 18.3. The summed E-state index contributed by atoms with van der Waals surface area (Å²) in [5.74, 6) is 1.80. The van der Waals surface area contributed by atoms with E-state index in [0.717, 1.165) is 5.75 Å². The molecule has 1 amide bonds. The minimum atomic E-state index is -0.709. The number of carbonyl (C=O) groups is 1. The summed E-state index contributed by atoms with van der Waals surface area (Å²) < 4.78 is 11.0. The van der Waals surface area contributed by atoms with Crippen LogP contribution in [-0.4, -0.2) is 51.4 Å². The molecule has 0 unspecified atom stereocenters. The summed E-state index contributed by atoms with van der Waals surface area (Å²) in [7, 11) is 1.73. The van der Waals surface area contributed by atoms with Crippen molar-refractivity contribution in [3.63, 3.8) is 0 Å². The van der Waals surface area contributed by atoms with E-state index in [-0.39, 0.29) is 24.5 Å². The molecule has 1 saturated carbocycles. The van der Waals surface area contributed by atoms with E-state index in [1.54, 1.807) is 11.9 Å². The molecule has 0 bridgehead atoms. The van der Waals surface area contributed by atoms with Crippen LogP contribution in [0.3, 0.4) is 0 Å². The zero-order valence-electron chi connectivity index (χ0n) is 15.2. The summed E-state index contributed by atoms with van der Waals surface area (Å²) in [6.45, 7) is 1.95. The highest BCUT2D eigenvalue weighted by molar-refractivity contribution is 5.76. The highest BCUT2D eigenvalue weighted by Crippen LogP contribution is 2.28. The van der Waals surface area contributed by atoms with E-state index < -0.39 is 6.10 Å². The fourth-order valence-electron chi connectivity index (χ4n) is 3.26. The van der Waals surface area contributed by atoms with Crippen LogP contribution >= 0.6 is 0 Å². The molecule has 0 radical (unpaired) electrons. The van der Waals surface area contributed by atoms with E-state index in [2.05, 4.69) is 10.1 Å². The third-order valence-electron chi connectivity index (χ3n) is 4.82. The first kappa shape index (κ1) is 18.4. The Morgan fingerprint density at radius 3 is 2.81 bits per heavy atom. The SMILES string of the molecule is CCc1noc(CCC(=O)N(C)[C@@H]2CC[C@@H](Oc3ccccc3)[C@@H]2O)n1. The monoisotopic (exact) mass is 359 g/mol. The molecular weight excluding hydrogens is 334 g/mol. The van der Waals surface area contributed by atoms with Gasteiger partial charge in [-0.1, -0.05) is 30.3 Å². The lowest BCUT2D eigenvalue weighted by molar-refractivity contribution is -0.134. The van der Waals surface area contributed by atoms with Gasteiger partial charge < -0.3 is 19.3 Å². The first-order chi connectivity index (χ1) is 12.6. The highest BCUT2D eigenvalue weighted by atomic mass is 16.5. The van der Waals surface area contributed by atoms with Gasteiger partial charge in [-0.3, -0.25) is 4.79 Å². The topological polar surface area (TPSA) is 88.7 Å². The largest absolute Gasteiger partial charge is 0.488 e. The van der Waals surface area contributed by atoms with Crippen LogP contribution in [0, 0.1) is 0 Å². The standard InChI is InChI=1S/C19H25N3O4/c1-3-16-20-17(26-21-16)11-12-18(23)22(2)14-9-10-15(19(14)24)25-13-7-5-4-6-8-13/h4-8,14-15,19,24H,3,9-12H2,1-2H3/t14-,15-,19-/m1/s1. The molecule has 7 heteroatoms. The van der Waals surface area contributed by atoms with Gasteiger partial charge in [0, 0.05) is 26.3 Å². The fourth-order valence-corrected chi connectivity index (χ4v) is 3.26. The van der Waals surface area contributed by atoms with Gasteiger partial charge in [0.1, 0.15) is 18.0 Å². The Kier molecular flexibility index (Phi) is 5.88. The van der Waals surface area contributed by atoms with Crippen molar-refractivity contribution in [2.75, 3.05) is 7.05 Å². The molecule has 140 valence electrons.